The molecule has 462 valence electrons. The Morgan fingerprint density at radius 1 is 0.202 bits per heavy atom. The molecule has 0 saturated heterocycles. The minimum atomic E-state index is 0.173. The Balaban J connectivity index is 0.000000141. The van der Waals surface area contributed by atoms with Crippen molar-refractivity contribution >= 4 is 122 Å². The zero-order chi connectivity index (χ0) is 65.3. The van der Waals surface area contributed by atoms with Gasteiger partial charge < -0.3 is 4.42 Å². The van der Waals surface area contributed by atoms with Crippen LogP contribution in [0, 0.1) is 0 Å². The van der Waals surface area contributed by atoms with Crippen molar-refractivity contribution in [1.82, 2.24) is 29.9 Å². The summed E-state index contributed by atoms with van der Waals surface area (Å²) < 4.78 is 12.1. The van der Waals surface area contributed by atoms with Crippen LogP contribution in [-0.4, -0.2) is 58.9 Å². The van der Waals surface area contributed by atoms with Crippen LogP contribution in [0.25, 0.3) is 195 Å². The Hall–Kier alpha value is -12.1. The molecule has 99 heavy (non-hydrogen) atoms. The van der Waals surface area contributed by atoms with Crippen molar-refractivity contribution in [2.24, 2.45) is 0 Å². The van der Waals surface area contributed by atoms with Crippen molar-refractivity contribution < 1.29 is 4.42 Å². The monoisotopic (exact) mass is 1390 g/mol. The number of furan rings is 1. The summed E-state index contributed by atoms with van der Waals surface area (Å²) >= 11 is 0.486. The van der Waals surface area contributed by atoms with Crippen molar-refractivity contribution in [3.8, 4) is 102 Å². The topological polar surface area (TPSA) is 90.5 Å². The number of hydrogen-bond donors (Lipinski definition) is 0. The molecule has 5 heterocycles. The number of rotatable bonds is 9. The predicted molar refractivity (Wildman–Crippen MR) is 412 cm³/mol. The Labute approximate surface area is 581 Å². The first kappa shape index (κ1) is 58.3. The maximum absolute atomic E-state index is 6.27. The molecule has 0 aliphatic heterocycles. The van der Waals surface area contributed by atoms with Gasteiger partial charge in [0.05, 0.1) is 0 Å². The molecular formula is C90H54N6OSe2. The van der Waals surface area contributed by atoms with E-state index in [4.69, 9.17) is 34.3 Å². The first-order valence-electron chi connectivity index (χ1n) is 33.0. The summed E-state index contributed by atoms with van der Waals surface area (Å²) in [7, 11) is 0. The first-order valence-corrected chi connectivity index (χ1v) is 36.5. The van der Waals surface area contributed by atoms with E-state index in [2.05, 4.69) is 218 Å². The molecule has 0 fully saturated rings. The van der Waals surface area contributed by atoms with E-state index in [0.29, 0.717) is 49.4 Å². The van der Waals surface area contributed by atoms with Crippen LogP contribution in [-0.2, 0) is 0 Å². The minimum absolute atomic E-state index is 0.173. The van der Waals surface area contributed by atoms with Crippen LogP contribution in [0.3, 0.4) is 0 Å². The summed E-state index contributed by atoms with van der Waals surface area (Å²) in [6.07, 6.45) is 0. The van der Waals surface area contributed by atoms with E-state index in [9.17, 15) is 0 Å². The fraction of sp³-hybridized carbons (Fsp3) is 0. The summed E-state index contributed by atoms with van der Waals surface area (Å²) in [5, 5.41) is 14.7. The molecule has 15 aromatic carbocycles. The van der Waals surface area contributed by atoms with Crippen LogP contribution < -0.4 is 0 Å². The van der Waals surface area contributed by atoms with Crippen LogP contribution >= 0.6 is 0 Å². The van der Waals surface area contributed by atoms with E-state index >= 15 is 0 Å². The molecule has 0 saturated carbocycles. The van der Waals surface area contributed by atoms with Crippen molar-refractivity contribution in [2.45, 2.75) is 0 Å². The molecule has 0 spiro atoms. The van der Waals surface area contributed by atoms with Gasteiger partial charge in [-0.15, -0.1) is 0 Å². The van der Waals surface area contributed by atoms with Gasteiger partial charge in [-0.25, -0.2) is 4.98 Å². The summed E-state index contributed by atoms with van der Waals surface area (Å²) in [6, 6.07) is 116. The summed E-state index contributed by atoms with van der Waals surface area (Å²) in [5.41, 5.74) is 14.9. The van der Waals surface area contributed by atoms with E-state index in [1.807, 2.05) is 109 Å². The maximum atomic E-state index is 6.27. The minimum Gasteiger partial charge on any atom is -0.0615 e. The fourth-order valence-electron chi connectivity index (χ4n) is 14.1. The molecule has 0 aliphatic rings. The zero-order valence-corrected chi connectivity index (χ0v) is 56.5. The molecule has 20 rings (SSSR count). The van der Waals surface area contributed by atoms with Gasteiger partial charge in [0, 0.05) is 11.1 Å². The van der Waals surface area contributed by atoms with Crippen molar-refractivity contribution in [3.05, 3.63) is 328 Å². The van der Waals surface area contributed by atoms with Gasteiger partial charge in [0.25, 0.3) is 0 Å². The molecule has 0 aliphatic carbocycles. The molecule has 0 radical (unpaired) electrons. The quantitative estimate of drug-likeness (QED) is 0.105. The number of fused-ring (bicyclic) bond motifs is 13. The van der Waals surface area contributed by atoms with E-state index < -0.39 is 0 Å². The fourth-order valence-corrected chi connectivity index (χ4v) is 19.4. The van der Waals surface area contributed by atoms with Gasteiger partial charge >= 0.3 is 451 Å². The molecule has 9 heteroatoms. The van der Waals surface area contributed by atoms with Crippen LogP contribution in [0.1, 0.15) is 0 Å². The third-order valence-corrected chi connectivity index (χ3v) is 23.9. The molecule has 0 N–H and O–H groups in total. The van der Waals surface area contributed by atoms with Crippen molar-refractivity contribution in [2.75, 3.05) is 0 Å². The number of benzene rings is 15. The van der Waals surface area contributed by atoms with E-state index in [-0.39, 0.29) is 14.5 Å². The molecule has 0 amide bonds. The molecule has 0 bridgehead atoms. The summed E-state index contributed by atoms with van der Waals surface area (Å²) in [6.45, 7) is 0. The molecular weight excluding hydrogens is 1340 g/mol. The van der Waals surface area contributed by atoms with Crippen LogP contribution in [0.2, 0.25) is 0 Å². The third-order valence-electron chi connectivity index (χ3n) is 18.8. The number of para-hydroxylation sites is 1. The normalized spacial score (nSPS) is 11.6. The number of hydrogen-bond acceptors (Lipinski definition) is 7. The summed E-state index contributed by atoms with van der Waals surface area (Å²) in [4.78, 5) is 30.2. The van der Waals surface area contributed by atoms with Gasteiger partial charge in [-0.05, 0) is 12.1 Å². The third kappa shape index (κ3) is 10.6. The number of aromatic nitrogens is 6. The predicted octanol–water partition coefficient (Wildman–Crippen LogP) is 22.8. The van der Waals surface area contributed by atoms with Crippen molar-refractivity contribution in [3.63, 3.8) is 0 Å². The van der Waals surface area contributed by atoms with Gasteiger partial charge in [-0.2, -0.15) is 0 Å². The van der Waals surface area contributed by atoms with E-state index in [1.54, 1.807) is 0 Å². The van der Waals surface area contributed by atoms with Crippen molar-refractivity contribution in [1.29, 1.82) is 0 Å². The molecule has 0 unspecified atom stereocenters. The van der Waals surface area contributed by atoms with E-state index in [1.165, 1.54) is 87.9 Å². The smallest absolute Gasteiger partial charge is 0.0615 e. The van der Waals surface area contributed by atoms with E-state index in [0.717, 1.165) is 71.7 Å². The Morgan fingerprint density at radius 3 is 1.24 bits per heavy atom. The standard InChI is InChI=1S/C49H29N3OSe.C41H25N3Se/c1-3-13-30(14-4-1)36-20-11-21-38-37-26-25-33(29-44(37)54-46(36)38)41-28-34(27-32-17-7-8-18-35(32)41)48-50-47(31-15-5-2-6-16-31)51-49(52-48)40-22-12-24-43-45(40)39-19-9-10-23-42(39)53-43;1-3-10-26(11-4-1)39-42-40(27-12-5-2-6-13-27)44-41(43-39)31-21-23-33-29(25-31)19-18-28-24-30(20-22-32(28)33)34-15-9-16-36-35-14-7-8-17-37(35)45-38(34)36/h1-29H;1-25H. The van der Waals surface area contributed by atoms with Crippen LogP contribution in [0.15, 0.2) is 332 Å². The van der Waals surface area contributed by atoms with Gasteiger partial charge in [0.2, 0.25) is 0 Å². The molecule has 20 aromatic rings. The molecule has 7 nitrogen and oxygen atoms in total. The van der Waals surface area contributed by atoms with Gasteiger partial charge in [-0.3, -0.25) is 0 Å². The SMILES string of the molecule is c1ccc(-c2nc(-c3cc(-c4ccc5c(c4)[se]c4c(-c6ccccc6)cccc45)c4ccccc4c3)nc(-c3cccc4oc5ccccc5c34)n2)cc1.c1ccc(-c2nc(-c3ccccc3)nc(-c3ccc4c(ccc5cc(-c6cccc7c6[se]c6ccccc67)ccc54)c3)n2)cc1. The van der Waals surface area contributed by atoms with Crippen LogP contribution in [0.5, 0.6) is 0 Å². The Bertz CT molecular complexity index is 6490. The van der Waals surface area contributed by atoms with Gasteiger partial charge in [0.1, 0.15) is 5.58 Å². The second-order valence-corrected chi connectivity index (χ2v) is 29.2. The zero-order valence-electron chi connectivity index (χ0n) is 53.1. The summed E-state index contributed by atoms with van der Waals surface area (Å²) in [5.74, 6) is 3.87. The molecule has 0 atom stereocenters. The Kier molecular flexibility index (Phi) is 14.5. The molecule has 5 aromatic heterocycles. The average molecular weight is 1390 g/mol. The number of nitrogens with zero attached hydrogens (tertiary/aromatic N) is 6. The Morgan fingerprint density at radius 2 is 0.606 bits per heavy atom. The van der Waals surface area contributed by atoms with Gasteiger partial charge in [0.15, 0.2) is 11.6 Å². The van der Waals surface area contributed by atoms with Gasteiger partial charge in [-0.1, -0.05) is 84.9 Å². The first-order chi connectivity index (χ1) is 49.0. The second kappa shape index (κ2) is 24.5. The van der Waals surface area contributed by atoms with Crippen LogP contribution in [0.4, 0.5) is 0 Å². The average Bonchev–Trinajstić information content (AvgIpc) is 1.73. The second-order valence-electron chi connectivity index (χ2n) is 24.8.